The number of benzene rings is 2. The van der Waals surface area contributed by atoms with Gasteiger partial charge in [-0.05, 0) is 37.1 Å². The van der Waals surface area contributed by atoms with E-state index in [-0.39, 0.29) is 12.1 Å². The summed E-state index contributed by atoms with van der Waals surface area (Å²) in [5, 5.41) is 3.06. The highest BCUT2D eigenvalue weighted by atomic mass is 16.5. The van der Waals surface area contributed by atoms with Crippen LogP contribution in [0, 0.1) is 0 Å². The van der Waals surface area contributed by atoms with Crippen LogP contribution in [0.3, 0.4) is 0 Å². The van der Waals surface area contributed by atoms with Crippen LogP contribution < -0.4 is 19.7 Å². The number of ether oxygens (including phenoxy) is 2. The molecular weight excluding hydrogens is 354 g/mol. The molecule has 1 aliphatic rings. The van der Waals surface area contributed by atoms with Crippen molar-refractivity contribution < 1.29 is 14.3 Å². The Bertz CT molecular complexity index is 782. The van der Waals surface area contributed by atoms with Gasteiger partial charge in [0.05, 0.1) is 20.3 Å². The molecule has 6 nitrogen and oxygen atoms in total. The molecule has 1 aliphatic heterocycles. The average molecular weight is 383 g/mol. The number of likely N-dealkylation sites (tertiary alicyclic amines) is 1. The van der Waals surface area contributed by atoms with Gasteiger partial charge in [-0.3, -0.25) is 0 Å². The van der Waals surface area contributed by atoms with Crippen molar-refractivity contribution in [1.82, 2.24) is 10.2 Å². The zero-order valence-electron chi connectivity index (χ0n) is 16.9. The Kier molecular flexibility index (Phi) is 6.63. The summed E-state index contributed by atoms with van der Waals surface area (Å²) in [5.74, 6) is 1.51. The van der Waals surface area contributed by atoms with Crippen LogP contribution in [0.4, 0.5) is 10.5 Å². The van der Waals surface area contributed by atoms with Gasteiger partial charge in [-0.2, -0.15) is 0 Å². The number of carbonyl (C=O) groups excluding carboxylic acids is 1. The van der Waals surface area contributed by atoms with Crippen LogP contribution in [0.25, 0.3) is 0 Å². The highest BCUT2D eigenvalue weighted by Crippen LogP contribution is 2.38. The van der Waals surface area contributed by atoms with E-state index in [9.17, 15) is 4.79 Å². The molecule has 0 radical (unpaired) electrons. The molecule has 2 aromatic carbocycles. The lowest BCUT2D eigenvalue weighted by Crippen LogP contribution is -2.42. The molecule has 2 aromatic rings. The maximum absolute atomic E-state index is 12.8. The Balaban J connectivity index is 1.60. The second-order valence-corrected chi connectivity index (χ2v) is 6.95. The fraction of sp³-hybridized carbons (Fsp3) is 0.409. The molecule has 6 heteroatoms. The lowest BCUT2D eigenvalue weighted by atomic mass is 10.0. The molecule has 0 aliphatic carbocycles. The topological polar surface area (TPSA) is 54.0 Å². The number of nitrogens with one attached hydrogen (secondary N) is 1. The Morgan fingerprint density at radius 1 is 1.18 bits per heavy atom. The molecule has 0 bridgehead atoms. The Morgan fingerprint density at radius 3 is 2.68 bits per heavy atom. The van der Waals surface area contributed by atoms with Crippen LogP contribution in [0.15, 0.2) is 48.5 Å². The molecular formula is C22H29N3O3. The molecule has 3 rings (SSSR count). The molecule has 1 unspecified atom stereocenters. The molecule has 0 saturated carbocycles. The lowest BCUT2D eigenvalue weighted by molar-refractivity contribution is 0.192. The zero-order chi connectivity index (χ0) is 19.9. The van der Waals surface area contributed by atoms with E-state index in [4.69, 9.17) is 9.47 Å². The van der Waals surface area contributed by atoms with E-state index in [1.165, 1.54) is 0 Å². The molecule has 1 fully saturated rings. The summed E-state index contributed by atoms with van der Waals surface area (Å²) in [5.41, 5.74) is 2.16. The normalized spacial score (nSPS) is 16.0. The van der Waals surface area contributed by atoms with E-state index in [0.717, 1.165) is 48.7 Å². The number of methoxy groups -OCH3 is 2. The maximum Gasteiger partial charge on any atom is 0.317 e. The van der Waals surface area contributed by atoms with Crippen molar-refractivity contribution in [1.29, 1.82) is 0 Å². The number of likely N-dealkylation sites (N-methyl/N-ethyl adjacent to an activating group) is 1. The largest absolute Gasteiger partial charge is 0.497 e. The van der Waals surface area contributed by atoms with Crippen LogP contribution in [0.1, 0.15) is 24.4 Å². The van der Waals surface area contributed by atoms with Gasteiger partial charge in [-0.25, -0.2) is 4.79 Å². The predicted molar refractivity (Wildman–Crippen MR) is 111 cm³/mol. The molecule has 0 spiro atoms. The van der Waals surface area contributed by atoms with Crippen LogP contribution in [-0.2, 0) is 0 Å². The summed E-state index contributed by atoms with van der Waals surface area (Å²) in [6, 6.07) is 15.9. The van der Waals surface area contributed by atoms with Gasteiger partial charge < -0.3 is 24.6 Å². The first-order chi connectivity index (χ1) is 13.6. The van der Waals surface area contributed by atoms with E-state index in [0.29, 0.717) is 6.54 Å². The van der Waals surface area contributed by atoms with Crippen molar-refractivity contribution in [3.8, 4) is 11.5 Å². The first kappa shape index (κ1) is 19.9. The predicted octanol–water partition coefficient (Wildman–Crippen LogP) is 3.69. The van der Waals surface area contributed by atoms with Gasteiger partial charge >= 0.3 is 6.03 Å². The van der Waals surface area contributed by atoms with Gasteiger partial charge in [0.15, 0.2) is 0 Å². The van der Waals surface area contributed by atoms with Gasteiger partial charge in [-0.15, -0.1) is 0 Å². The molecule has 150 valence electrons. The van der Waals surface area contributed by atoms with Crippen LogP contribution in [0.2, 0.25) is 0 Å². The van der Waals surface area contributed by atoms with Crippen molar-refractivity contribution in [2.24, 2.45) is 0 Å². The number of amides is 2. The minimum Gasteiger partial charge on any atom is -0.497 e. The Hall–Kier alpha value is -2.89. The molecule has 1 N–H and O–H groups in total. The van der Waals surface area contributed by atoms with Crippen molar-refractivity contribution in [2.45, 2.75) is 18.9 Å². The maximum atomic E-state index is 12.8. The number of para-hydroxylation sites is 1. The molecule has 1 saturated heterocycles. The van der Waals surface area contributed by atoms with Gasteiger partial charge in [0.25, 0.3) is 0 Å². The number of carbonyl (C=O) groups is 1. The SMILES string of the molecule is COc1ccc(C2CCCN2C(=O)NCCN(C)c2ccccc2)c(OC)c1. The number of urea groups is 1. The fourth-order valence-electron chi connectivity index (χ4n) is 3.67. The van der Waals surface area contributed by atoms with Crippen molar-refractivity contribution in [2.75, 3.05) is 45.8 Å². The van der Waals surface area contributed by atoms with E-state index in [2.05, 4.69) is 22.3 Å². The molecule has 2 amide bonds. The van der Waals surface area contributed by atoms with Crippen molar-refractivity contribution in [3.63, 3.8) is 0 Å². The minimum absolute atomic E-state index is 0.0210. The van der Waals surface area contributed by atoms with E-state index < -0.39 is 0 Å². The van der Waals surface area contributed by atoms with Crippen LogP contribution in [0.5, 0.6) is 11.5 Å². The first-order valence-corrected chi connectivity index (χ1v) is 9.66. The third-order valence-electron chi connectivity index (χ3n) is 5.23. The number of hydrogen-bond donors (Lipinski definition) is 1. The van der Waals surface area contributed by atoms with Gasteiger partial charge in [-0.1, -0.05) is 18.2 Å². The Labute approximate surface area is 167 Å². The van der Waals surface area contributed by atoms with E-state index >= 15 is 0 Å². The highest BCUT2D eigenvalue weighted by molar-refractivity contribution is 5.75. The second-order valence-electron chi connectivity index (χ2n) is 6.95. The van der Waals surface area contributed by atoms with Crippen molar-refractivity contribution in [3.05, 3.63) is 54.1 Å². The molecule has 1 heterocycles. The van der Waals surface area contributed by atoms with E-state index in [1.807, 2.05) is 48.3 Å². The van der Waals surface area contributed by atoms with Gasteiger partial charge in [0.1, 0.15) is 11.5 Å². The standard InChI is InChI=1S/C22H29N3O3/c1-24(17-8-5-4-6-9-17)15-13-23-22(26)25-14-7-10-20(25)19-12-11-18(27-2)16-21(19)28-3/h4-6,8-9,11-12,16,20H,7,10,13-15H2,1-3H3,(H,23,26). The first-order valence-electron chi connectivity index (χ1n) is 9.66. The Morgan fingerprint density at radius 2 is 1.96 bits per heavy atom. The molecule has 0 aromatic heterocycles. The summed E-state index contributed by atoms with van der Waals surface area (Å²) >= 11 is 0. The monoisotopic (exact) mass is 383 g/mol. The number of rotatable bonds is 7. The molecule has 1 atom stereocenters. The fourth-order valence-corrected chi connectivity index (χ4v) is 3.67. The average Bonchev–Trinajstić information content (AvgIpc) is 3.23. The zero-order valence-corrected chi connectivity index (χ0v) is 16.9. The van der Waals surface area contributed by atoms with Crippen LogP contribution >= 0.6 is 0 Å². The summed E-state index contributed by atoms with van der Waals surface area (Å²) in [6.45, 7) is 2.09. The quantitative estimate of drug-likeness (QED) is 0.792. The smallest absolute Gasteiger partial charge is 0.317 e. The second kappa shape index (κ2) is 9.35. The van der Waals surface area contributed by atoms with Gasteiger partial charge in [0, 0.05) is 44.0 Å². The number of anilines is 1. The summed E-state index contributed by atoms with van der Waals surface area (Å²) in [4.78, 5) is 16.8. The molecule has 28 heavy (non-hydrogen) atoms. The van der Waals surface area contributed by atoms with Crippen LogP contribution in [-0.4, -0.2) is 51.8 Å². The van der Waals surface area contributed by atoms with E-state index in [1.54, 1.807) is 14.2 Å². The van der Waals surface area contributed by atoms with Crippen molar-refractivity contribution >= 4 is 11.7 Å². The summed E-state index contributed by atoms with van der Waals surface area (Å²) in [6.07, 6.45) is 1.91. The minimum atomic E-state index is -0.0261. The highest BCUT2D eigenvalue weighted by Gasteiger charge is 2.31. The summed E-state index contributed by atoms with van der Waals surface area (Å²) in [7, 11) is 5.32. The summed E-state index contributed by atoms with van der Waals surface area (Å²) < 4.78 is 10.8. The third kappa shape index (κ3) is 4.50. The van der Waals surface area contributed by atoms with Gasteiger partial charge in [0.2, 0.25) is 0 Å². The third-order valence-corrected chi connectivity index (χ3v) is 5.23. The number of nitrogens with zero attached hydrogens (tertiary/aromatic N) is 2. The lowest BCUT2D eigenvalue weighted by Gasteiger charge is -2.27. The number of hydrogen-bond acceptors (Lipinski definition) is 4.